The number of hydrogen-bond donors (Lipinski definition) is 0. The van der Waals surface area contributed by atoms with Gasteiger partial charge in [-0.1, -0.05) is 28.1 Å². The van der Waals surface area contributed by atoms with Gasteiger partial charge in [0, 0.05) is 38.1 Å². The third kappa shape index (κ3) is 3.08. The minimum atomic E-state index is -0.438. The molecule has 0 saturated heterocycles. The van der Waals surface area contributed by atoms with Crippen molar-refractivity contribution in [2.45, 2.75) is 44.0 Å². The fourth-order valence-electron chi connectivity index (χ4n) is 3.07. The highest BCUT2D eigenvalue weighted by Gasteiger charge is 2.44. The Kier molecular flexibility index (Phi) is 5.24. The summed E-state index contributed by atoms with van der Waals surface area (Å²) in [6.45, 7) is 2.68. The van der Waals surface area contributed by atoms with Crippen LogP contribution in [0.5, 0.6) is 0 Å². The Labute approximate surface area is 129 Å². The van der Waals surface area contributed by atoms with Crippen molar-refractivity contribution >= 4 is 15.9 Å². The van der Waals surface area contributed by atoms with Crippen LogP contribution in [-0.4, -0.2) is 26.6 Å². The van der Waals surface area contributed by atoms with Crippen LogP contribution in [0.2, 0.25) is 0 Å². The molecule has 0 aromatic heterocycles. The second-order valence-corrected chi connectivity index (χ2v) is 6.17. The van der Waals surface area contributed by atoms with E-state index in [0.29, 0.717) is 6.61 Å². The average Bonchev–Trinajstić information content (AvgIpc) is 2.49. The van der Waals surface area contributed by atoms with E-state index in [1.807, 2.05) is 6.92 Å². The van der Waals surface area contributed by atoms with E-state index in [-0.39, 0.29) is 5.60 Å². The topological polar surface area (TPSA) is 27.7 Å². The van der Waals surface area contributed by atoms with E-state index >= 15 is 0 Å². The molecule has 0 radical (unpaired) electrons. The van der Waals surface area contributed by atoms with Crippen molar-refractivity contribution in [3.8, 4) is 0 Å². The lowest BCUT2D eigenvalue weighted by Crippen LogP contribution is -2.45. The van der Waals surface area contributed by atoms with Crippen LogP contribution in [0.3, 0.4) is 0 Å². The van der Waals surface area contributed by atoms with Crippen molar-refractivity contribution in [3.05, 3.63) is 34.3 Å². The minimum Gasteiger partial charge on any atom is -0.374 e. The summed E-state index contributed by atoms with van der Waals surface area (Å²) in [7, 11) is 3.53. The molecule has 1 aliphatic rings. The molecule has 0 amide bonds. The van der Waals surface area contributed by atoms with Gasteiger partial charge in [-0.2, -0.15) is 0 Å². The lowest BCUT2D eigenvalue weighted by Gasteiger charge is -2.44. The van der Waals surface area contributed by atoms with Crippen molar-refractivity contribution in [2.75, 3.05) is 20.8 Å². The Bertz CT molecular complexity index is 422. The second kappa shape index (κ2) is 6.56. The summed E-state index contributed by atoms with van der Waals surface area (Å²) in [4.78, 5) is 0. The third-order valence-corrected chi connectivity index (χ3v) is 4.89. The van der Waals surface area contributed by atoms with Gasteiger partial charge in [0.2, 0.25) is 0 Å². The zero-order valence-corrected chi connectivity index (χ0v) is 14.0. The Hall–Kier alpha value is -0.420. The van der Waals surface area contributed by atoms with E-state index in [1.165, 1.54) is 5.56 Å². The number of methoxy groups -OCH3 is 2. The monoisotopic (exact) mass is 342 g/mol. The number of benzene rings is 1. The van der Waals surface area contributed by atoms with Crippen LogP contribution in [0.4, 0.5) is 0 Å². The molecule has 112 valence electrons. The predicted molar refractivity (Wildman–Crippen MR) is 82.7 cm³/mol. The van der Waals surface area contributed by atoms with Crippen molar-refractivity contribution in [3.63, 3.8) is 0 Å². The zero-order valence-electron chi connectivity index (χ0n) is 12.4. The predicted octanol–water partition coefficient (Wildman–Crippen LogP) is 4.24. The molecule has 0 aliphatic heterocycles. The Balaban J connectivity index is 2.17. The Morgan fingerprint density at radius 1 is 1.00 bits per heavy atom. The maximum atomic E-state index is 5.89. The van der Waals surface area contributed by atoms with Gasteiger partial charge in [-0.25, -0.2) is 0 Å². The lowest BCUT2D eigenvalue weighted by atomic mass is 9.76. The third-order valence-electron chi connectivity index (χ3n) is 4.36. The van der Waals surface area contributed by atoms with Gasteiger partial charge in [-0.15, -0.1) is 0 Å². The molecule has 0 heterocycles. The molecule has 1 aliphatic carbocycles. The number of rotatable bonds is 5. The summed E-state index contributed by atoms with van der Waals surface area (Å²) in [5, 5.41) is 0. The van der Waals surface area contributed by atoms with E-state index in [4.69, 9.17) is 14.2 Å². The van der Waals surface area contributed by atoms with Gasteiger partial charge in [0.05, 0.1) is 5.60 Å². The molecule has 1 saturated carbocycles. The van der Waals surface area contributed by atoms with Gasteiger partial charge in [0.15, 0.2) is 5.79 Å². The molecule has 1 fully saturated rings. The minimum absolute atomic E-state index is 0.222. The summed E-state index contributed by atoms with van der Waals surface area (Å²) in [5.74, 6) is -0.438. The van der Waals surface area contributed by atoms with Crippen LogP contribution < -0.4 is 0 Å². The fourth-order valence-corrected chi connectivity index (χ4v) is 3.33. The first kappa shape index (κ1) is 16.0. The van der Waals surface area contributed by atoms with Gasteiger partial charge in [0.25, 0.3) is 0 Å². The first-order valence-electron chi connectivity index (χ1n) is 7.10. The van der Waals surface area contributed by atoms with Crippen LogP contribution in [0.25, 0.3) is 0 Å². The molecule has 3 nitrogen and oxygen atoms in total. The van der Waals surface area contributed by atoms with Crippen LogP contribution in [0, 0.1) is 0 Å². The van der Waals surface area contributed by atoms with Gasteiger partial charge in [0.1, 0.15) is 0 Å². The molecule has 0 spiro atoms. The summed E-state index contributed by atoms with van der Waals surface area (Å²) in [6, 6.07) is 8.40. The average molecular weight is 343 g/mol. The molecule has 1 aromatic carbocycles. The first-order chi connectivity index (χ1) is 9.60. The van der Waals surface area contributed by atoms with Gasteiger partial charge in [-0.3, -0.25) is 0 Å². The van der Waals surface area contributed by atoms with Gasteiger partial charge >= 0.3 is 0 Å². The van der Waals surface area contributed by atoms with Crippen molar-refractivity contribution < 1.29 is 14.2 Å². The molecule has 0 atom stereocenters. The normalized spacial score (nSPS) is 30.4. The quantitative estimate of drug-likeness (QED) is 0.749. The molecular formula is C16H23BrO3. The SMILES string of the molecule is CCOC1(OC)CCC(OC)(c2ccc(Br)cc2)CC1. The maximum Gasteiger partial charge on any atom is 0.168 e. The first-order valence-corrected chi connectivity index (χ1v) is 7.89. The lowest BCUT2D eigenvalue weighted by molar-refractivity contribution is -0.256. The van der Waals surface area contributed by atoms with E-state index in [2.05, 4.69) is 40.2 Å². The smallest absolute Gasteiger partial charge is 0.168 e. The van der Waals surface area contributed by atoms with Crippen LogP contribution in [-0.2, 0) is 19.8 Å². The summed E-state index contributed by atoms with van der Waals surface area (Å²) in [5.41, 5.74) is 1.00. The van der Waals surface area contributed by atoms with Crippen molar-refractivity contribution in [1.82, 2.24) is 0 Å². The van der Waals surface area contributed by atoms with E-state index < -0.39 is 5.79 Å². The molecule has 1 aromatic rings. The van der Waals surface area contributed by atoms with E-state index in [0.717, 1.165) is 30.2 Å². The highest BCUT2D eigenvalue weighted by molar-refractivity contribution is 9.10. The number of halogens is 1. The Morgan fingerprint density at radius 3 is 2.05 bits per heavy atom. The zero-order chi connectivity index (χ0) is 14.6. The molecule has 2 rings (SSSR count). The van der Waals surface area contributed by atoms with E-state index in [1.54, 1.807) is 14.2 Å². The summed E-state index contributed by atoms with van der Waals surface area (Å²) < 4.78 is 18.4. The summed E-state index contributed by atoms with van der Waals surface area (Å²) in [6.07, 6.45) is 3.50. The summed E-state index contributed by atoms with van der Waals surface area (Å²) >= 11 is 3.48. The highest BCUT2D eigenvalue weighted by atomic mass is 79.9. The molecule has 20 heavy (non-hydrogen) atoms. The highest BCUT2D eigenvalue weighted by Crippen LogP contribution is 2.45. The maximum absolute atomic E-state index is 5.89. The number of ether oxygens (including phenoxy) is 3. The van der Waals surface area contributed by atoms with Crippen LogP contribution in [0.1, 0.15) is 38.2 Å². The Morgan fingerprint density at radius 2 is 1.60 bits per heavy atom. The van der Waals surface area contributed by atoms with Crippen molar-refractivity contribution in [1.29, 1.82) is 0 Å². The van der Waals surface area contributed by atoms with Crippen LogP contribution >= 0.6 is 15.9 Å². The molecule has 0 unspecified atom stereocenters. The standard InChI is InChI=1S/C16H23BrO3/c1-4-20-16(19-3)11-9-15(18-2,10-12-16)13-5-7-14(17)8-6-13/h5-8H,4,9-12H2,1-3H3. The second-order valence-electron chi connectivity index (χ2n) is 5.25. The van der Waals surface area contributed by atoms with Gasteiger partial charge < -0.3 is 14.2 Å². The molecule has 4 heteroatoms. The largest absolute Gasteiger partial charge is 0.374 e. The fraction of sp³-hybridized carbons (Fsp3) is 0.625. The van der Waals surface area contributed by atoms with Gasteiger partial charge in [-0.05, 0) is 37.5 Å². The molecule has 0 bridgehead atoms. The molecule has 0 N–H and O–H groups in total. The van der Waals surface area contributed by atoms with Crippen molar-refractivity contribution in [2.24, 2.45) is 0 Å². The van der Waals surface area contributed by atoms with Crippen LogP contribution in [0.15, 0.2) is 28.7 Å². The number of hydrogen-bond acceptors (Lipinski definition) is 3. The van der Waals surface area contributed by atoms with E-state index in [9.17, 15) is 0 Å². The molecular weight excluding hydrogens is 320 g/mol.